The molecule has 0 aliphatic carbocycles. The van der Waals surface area contributed by atoms with Gasteiger partial charge in [0, 0.05) is 38.4 Å². The summed E-state index contributed by atoms with van der Waals surface area (Å²) in [6, 6.07) is 10.4. The second kappa shape index (κ2) is 13.2. The summed E-state index contributed by atoms with van der Waals surface area (Å²) in [7, 11) is -3.13. The van der Waals surface area contributed by atoms with Crippen molar-refractivity contribution < 1.29 is 8.42 Å². The second-order valence-corrected chi connectivity index (χ2v) is 10.2. The summed E-state index contributed by atoms with van der Waals surface area (Å²) in [5.41, 5.74) is 1.22. The van der Waals surface area contributed by atoms with Crippen LogP contribution in [-0.4, -0.2) is 57.6 Å². The number of nitrogens with zero attached hydrogens (tertiary/aromatic N) is 2. The predicted octanol–water partition coefficient (Wildman–Crippen LogP) is 3.29. The fraction of sp³-hybridized carbons (Fsp3) is 0.650. The van der Waals surface area contributed by atoms with Gasteiger partial charge in [0.1, 0.15) is 0 Å². The van der Waals surface area contributed by atoms with Gasteiger partial charge in [0.15, 0.2) is 15.8 Å². The van der Waals surface area contributed by atoms with E-state index >= 15 is 0 Å². The molecule has 1 aromatic rings. The monoisotopic (exact) mass is 524 g/mol. The molecule has 0 saturated heterocycles. The van der Waals surface area contributed by atoms with E-state index in [0.717, 1.165) is 26.1 Å². The maximum absolute atomic E-state index is 12.2. The molecule has 2 N–H and O–H groups in total. The quantitative estimate of drug-likeness (QED) is 0.213. The van der Waals surface area contributed by atoms with E-state index in [1.54, 1.807) is 20.8 Å². The van der Waals surface area contributed by atoms with Gasteiger partial charge in [-0.2, -0.15) is 0 Å². The Hall–Kier alpha value is -1.03. The van der Waals surface area contributed by atoms with Gasteiger partial charge in [-0.05, 0) is 53.2 Å². The van der Waals surface area contributed by atoms with E-state index < -0.39 is 14.6 Å². The lowest BCUT2D eigenvalue weighted by atomic mass is 10.2. The zero-order valence-electron chi connectivity index (χ0n) is 17.9. The number of guanidine groups is 1. The molecule has 0 amide bonds. The van der Waals surface area contributed by atoms with Crippen molar-refractivity contribution in [3.63, 3.8) is 0 Å². The highest BCUT2D eigenvalue weighted by Gasteiger charge is 2.28. The molecule has 0 unspecified atom stereocenters. The molecular formula is C20H37IN4O2S. The van der Waals surface area contributed by atoms with Crippen LogP contribution in [0.4, 0.5) is 5.69 Å². The summed E-state index contributed by atoms with van der Waals surface area (Å²) in [6.45, 7) is 13.0. The summed E-state index contributed by atoms with van der Waals surface area (Å²) >= 11 is 0. The van der Waals surface area contributed by atoms with E-state index in [9.17, 15) is 8.42 Å². The van der Waals surface area contributed by atoms with Crippen LogP contribution in [0.2, 0.25) is 0 Å². The Kier molecular flexibility index (Phi) is 12.8. The summed E-state index contributed by atoms with van der Waals surface area (Å²) in [4.78, 5) is 6.89. The largest absolute Gasteiger partial charge is 0.372 e. The highest BCUT2D eigenvalue weighted by molar-refractivity contribution is 14.0. The van der Waals surface area contributed by atoms with Crippen molar-refractivity contribution in [2.45, 2.75) is 45.8 Å². The zero-order chi connectivity index (χ0) is 20.3. The van der Waals surface area contributed by atoms with Crippen LogP contribution < -0.4 is 15.5 Å². The Labute approximate surface area is 188 Å². The summed E-state index contributed by atoms with van der Waals surface area (Å²) in [5, 5.41) is 6.30. The van der Waals surface area contributed by atoms with Crippen LogP contribution in [-0.2, 0) is 9.84 Å². The summed E-state index contributed by atoms with van der Waals surface area (Å²) in [5.74, 6) is 0.766. The highest BCUT2D eigenvalue weighted by Crippen LogP contribution is 2.15. The third-order valence-electron chi connectivity index (χ3n) is 4.30. The normalized spacial score (nSPS) is 12.2. The minimum atomic E-state index is -3.13. The summed E-state index contributed by atoms with van der Waals surface area (Å²) < 4.78 is 23.6. The van der Waals surface area contributed by atoms with E-state index in [4.69, 9.17) is 0 Å². The third kappa shape index (κ3) is 9.45. The summed E-state index contributed by atoms with van der Waals surface area (Å²) in [6.07, 6.45) is 0.930. The van der Waals surface area contributed by atoms with Crippen LogP contribution >= 0.6 is 24.0 Å². The van der Waals surface area contributed by atoms with E-state index in [2.05, 4.69) is 51.7 Å². The number of rotatable bonds is 10. The highest BCUT2D eigenvalue weighted by atomic mass is 127. The van der Waals surface area contributed by atoms with E-state index in [-0.39, 0.29) is 29.7 Å². The average molecular weight is 525 g/mol. The number of para-hydroxylation sites is 1. The van der Waals surface area contributed by atoms with E-state index in [0.29, 0.717) is 19.0 Å². The number of hydrogen-bond acceptors (Lipinski definition) is 4. The van der Waals surface area contributed by atoms with Gasteiger partial charge in [-0.3, -0.25) is 4.99 Å². The van der Waals surface area contributed by atoms with Gasteiger partial charge in [-0.1, -0.05) is 18.2 Å². The Bertz CT molecular complexity index is 673. The molecule has 0 saturated carbocycles. The van der Waals surface area contributed by atoms with Crippen molar-refractivity contribution >= 4 is 45.5 Å². The zero-order valence-corrected chi connectivity index (χ0v) is 21.0. The number of aliphatic imine (C=N–C) groups is 1. The van der Waals surface area contributed by atoms with Crippen LogP contribution in [0.15, 0.2) is 35.3 Å². The van der Waals surface area contributed by atoms with E-state index in [1.165, 1.54) is 5.69 Å². The number of benzene rings is 1. The number of anilines is 1. The molecule has 0 spiro atoms. The van der Waals surface area contributed by atoms with Crippen LogP contribution in [0.3, 0.4) is 0 Å². The first-order valence-electron chi connectivity index (χ1n) is 9.75. The smallest absolute Gasteiger partial charge is 0.191 e. The standard InChI is InChI=1S/C20H36N4O2S.HI/c1-6-21-19(23-15-17-27(25,26)20(3,4)5)22-14-11-16-24(7-2)18-12-9-8-10-13-18;/h8-10,12-13H,6-7,11,14-17H2,1-5H3,(H2,21,22,23);1H. The van der Waals surface area contributed by atoms with Crippen LogP contribution in [0, 0.1) is 0 Å². The minimum absolute atomic E-state index is 0. The Morgan fingerprint density at radius 2 is 1.75 bits per heavy atom. The van der Waals surface area contributed by atoms with Gasteiger partial charge in [-0.25, -0.2) is 8.42 Å². The lowest BCUT2D eigenvalue weighted by molar-refractivity contribution is 0.559. The molecule has 6 nitrogen and oxygen atoms in total. The Morgan fingerprint density at radius 1 is 1.11 bits per heavy atom. The van der Waals surface area contributed by atoms with Gasteiger partial charge in [0.05, 0.1) is 10.5 Å². The number of halogens is 1. The first-order chi connectivity index (χ1) is 12.7. The first-order valence-corrected chi connectivity index (χ1v) is 11.4. The third-order valence-corrected chi connectivity index (χ3v) is 6.91. The molecule has 1 rings (SSSR count). The molecule has 0 aromatic heterocycles. The molecule has 0 heterocycles. The molecule has 0 radical (unpaired) electrons. The second-order valence-electron chi connectivity index (χ2n) is 7.39. The van der Waals surface area contributed by atoms with Gasteiger partial charge >= 0.3 is 0 Å². The Balaban J connectivity index is 0.00000729. The van der Waals surface area contributed by atoms with Crippen molar-refractivity contribution in [1.29, 1.82) is 0 Å². The van der Waals surface area contributed by atoms with Crippen LogP contribution in [0.1, 0.15) is 41.0 Å². The van der Waals surface area contributed by atoms with Gasteiger partial charge in [0.2, 0.25) is 0 Å². The maximum Gasteiger partial charge on any atom is 0.191 e. The molecule has 0 aliphatic heterocycles. The maximum atomic E-state index is 12.2. The van der Waals surface area contributed by atoms with Crippen molar-refractivity contribution in [1.82, 2.24) is 10.6 Å². The first kappa shape index (κ1) is 27.0. The SMILES string of the molecule is CCNC(=NCCCN(CC)c1ccccc1)NCCS(=O)(=O)C(C)(C)C.I. The van der Waals surface area contributed by atoms with Crippen LogP contribution in [0.25, 0.3) is 0 Å². The minimum Gasteiger partial charge on any atom is -0.372 e. The lowest BCUT2D eigenvalue weighted by Gasteiger charge is -2.22. The van der Waals surface area contributed by atoms with Gasteiger partial charge < -0.3 is 15.5 Å². The number of hydrogen-bond donors (Lipinski definition) is 2. The number of sulfone groups is 1. The average Bonchev–Trinajstić information content (AvgIpc) is 2.61. The van der Waals surface area contributed by atoms with Crippen molar-refractivity contribution in [2.24, 2.45) is 4.99 Å². The molecular weight excluding hydrogens is 487 g/mol. The fourth-order valence-corrected chi connectivity index (χ4v) is 3.50. The van der Waals surface area contributed by atoms with E-state index in [1.807, 2.05) is 13.0 Å². The predicted molar refractivity (Wildman–Crippen MR) is 132 cm³/mol. The molecule has 0 fully saturated rings. The Morgan fingerprint density at radius 3 is 2.29 bits per heavy atom. The number of nitrogens with one attached hydrogen (secondary N) is 2. The molecule has 162 valence electrons. The molecule has 0 bridgehead atoms. The van der Waals surface area contributed by atoms with Gasteiger partial charge in [0.25, 0.3) is 0 Å². The van der Waals surface area contributed by atoms with Crippen LogP contribution in [0.5, 0.6) is 0 Å². The van der Waals surface area contributed by atoms with Crippen molar-refractivity contribution in [2.75, 3.05) is 43.4 Å². The lowest BCUT2D eigenvalue weighted by Crippen LogP contribution is -2.42. The molecule has 0 atom stereocenters. The van der Waals surface area contributed by atoms with Crippen molar-refractivity contribution in [3.05, 3.63) is 30.3 Å². The fourth-order valence-electron chi connectivity index (χ4n) is 2.51. The molecule has 28 heavy (non-hydrogen) atoms. The molecule has 1 aromatic carbocycles. The van der Waals surface area contributed by atoms with Crippen molar-refractivity contribution in [3.8, 4) is 0 Å². The topological polar surface area (TPSA) is 73.8 Å². The van der Waals surface area contributed by atoms with Gasteiger partial charge in [-0.15, -0.1) is 24.0 Å². The molecule has 0 aliphatic rings. The molecule has 8 heteroatoms.